The number of benzene rings is 1. The number of hydrogen-bond donors (Lipinski definition) is 0. The molecule has 1 aliphatic rings. The van der Waals surface area contributed by atoms with E-state index in [2.05, 4.69) is 110 Å². The van der Waals surface area contributed by atoms with Gasteiger partial charge in [-0.2, -0.15) is 0 Å². The molecular formula is C12H12BrI3O. The van der Waals surface area contributed by atoms with Gasteiger partial charge in [0.05, 0.1) is 7.14 Å². The maximum atomic E-state index is 6.20. The van der Waals surface area contributed by atoms with E-state index < -0.39 is 0 Å². The molecule has 94 valence electrons. The van der Waals surface area contributed by atoms with Gasteiger partial charge in [-0.25, -0.2) is 0 Å². The van der Waals surface area contributed by atoms with Crippen molar-refractivity contribution in [3.63, 3.8) is 0 Å². The fourth-order valence-corrected chi connectivity index (χ4v) is 6.29. The molecule has 1 saturated carbocycles. The molecule has 0 N–H and O–H groups in total. The highest BCUT2D eigenvalue weighted by Gasteiger charge is 2.48. The van der Waals surface area contributed by atoms with Gasteiger partial charge in [0.25, 0.3) is 0 Å². The lowest BCUT2D eigenvalue weighted by atomic mass is 9.69. The van der Waals surface area contributed by atoms with Gasteiger partial charge in [0.1, 0.15) is 11.9 Å². The topological polar surface area (TPSA) is 9.23 Å². The molecule has 2 rings (SSSR count). The molecule has 0 saturated heterocycles. The zero-order valence-electron chi connectivity index (χ0n) is 9.44. The van der Waals surface area contributed by atoms with Crippen LogP contribution in [-0.4, -0.2) is 10.9 Å². The molecule has 0 aliphatic heterocycles. The SMILES string of the molecule is CC1(C)C(Br)CC1Oc1c(I)cc(I)cc1I. The molecular weight excluding hydrogens is 621 g/mol. The van der Waals surface area contributed by atoms with Crippen LogP contribution in [0.15, 0.2) is 12.1 Å². The average molecular weight is 633 g/mol. The second-order valence-corrected chi connectivity index (χ2v) is 9.50. The van der Waals surface area contributed by atoms with Crippen molar-refractivity contribution in [1.82, 2.24) is 0 Å². The molecule has 17 heavy (non-hydrogen) atoms. The van der Waals surface area contributed by atoms with E-state index in [4.69, 9.17) is 4.74 Å². The van der Waals surface area contributed by atoms with Crippen LogP contribution in [-0.2, 0) is 0 Å². The Labute approximate surface area is 151 Å². The highest BCUT2D eigenvalue weighted by atomic mass is 127. The Bertz CT molecular complexity index is 424. The van der Waals surface area contributed by atoms with Crippen LogP contribution in [0.4, 0.5) is 0 Å². The minimum Gasteiger partial charge on any atom is -0.488 e. The van der Waals surface area contributed by atoms with Crippen molar-refractivity contribution >= 4 is 83.7 Å². The van der Waals surface area contributed by atoms with E-state index in [1.807, 2.05) is 0 Å². The molecule has 1 nitrogen and oxygen atoms in total. The minimum atomic E-state index is 0.217. The molecule has 1 aromatic rings. The van der Waals surface area contributed by atoms with Crippen molar-refractivity contribution in [2.24, 2.45) is 5.41 Å². The lowest BCUT2D eigenvalue weighted by Gasteiger charge is -2.48. The number of hydrogen-bond acceptors (Lipinski definition) is 1. The average Bonchev–Trinajstić information content (AvgIpc) is 2.21. The summed E-state index contributed by atoms with van der Waals surface area (Å²) in [7, 11) is 0. The predicted molar refractivity (Wildman–Crippen MR) is 100 cm³/mol. The molecule has 0 heterocycles. The largest absolute Gasteiger partial charge is 0.488 e. The summed E-state index contributed by atoms with van der Waals surface area (Å²) in [4.78, 5) is 0.569. The van der Waals surface area contributed by atoms with Gasteiger partial charge in [0, 0.05) is 13.8 Å². The number of rotatable bonds is 2. The van der Waals surface area contributed by atoms with E-state index in [0.29, 0.717) is 10.9 Å². The van der Waals surface area contributed by atoms with Gasteiger partial charge in [-0.3, -0.25) is 0 Å². The van der Waals surface area contributed by atoms with Gasteiger partial charge >= 0.3 is 0 Å². The second kappa shape index (κ2) is 5.59. The maximum Gasteiger partial charge on any atom is 0.146 e. The summed E-state index contributed by atoms with van der Waals surface area (Å²) >= 11 is 10.8. The summed E-state index contributed by atoms with van der Waals surface area (Å²) in [6.07, 6.45) is 1.40. The molecule has 0 spiro atoms. The summed E-state index contributed by atoms with van der Waals surface area (Å²) in [5.41, 5.74) is 0.217. The van der Waals surface area contributed by atoms with Crippen LogP contribution in [0.25, 0.3) is 0 Å². The van der Waals surface area contributed by atoms with Crippen molar-refractivity contribution in [2.45, 2.75) is 31.2 Å². The van der Waals surface area contributed by atoms with E-state index in [1.54, 1.807) is 0 Å². The highest BCUT2D eigenvalue weighted by molar-refractivity contribution is 14.1. The van der Waals surface area contributed by atoms with Gasteiger partial charge in [-0.1, -0.05) is 29.8 Å². The van der Waals surface area contributed by atoms with Crippen molar-refractivity contribution in [2.75, 3.05) is 0 Å². The van der Waals surface area contributed by atoms with E-state index in [0.717, 1.165) is 12.2 Å². The molecule has 1 aromatic carbocycles. The highest BCUT2D eigenvalue weighted by Crippen LogP contribution is 2.48. The first-order chi connectivity index (χ1) is 7.82. The maximum absolute atomic E-state index is 6.20. The second-order valence-electron chi connectivity index (χ2n) is 4.83. The third kappa shape index (κ3) is 3.07. The Balaban J connectivity index is 2.21. The number of ether oxygens (including phenoxy) is 1. The molecule has 0 radical (unpaired) electrons. The molecule has 0 amide bonds. The minimum absolute atomic E-state index is 0.217. The first-order valence-electron chi connectivity index (χ1n) is 5.27. The van der Waals surface area contributed by atoms with Crippen molar-refractivity contribution < 1.29 is 4.74 Å². The molecule has 5 heteroatoms. The third-order valence-corrected chi connectivity index (χ3v) is 7.06. The van der Waals surface area contributed by atoms with Crippen LogP contribution in [0.2, 0.25) is 0 Å². The summed E-state index contributed by atoms with van der Waals surface area (Å²) in [6.45, 7) is 4.51. The van der Waals surface area contributed by atoms with Gasteiger partial charge in [0.2, 0.25) is 0 Å². The number of halogens is 4. The molecule has 1 fully saturated rings. The van der Waals surface area contributed by atoms with Crippen LogP contribution in [0.3, 0.4) is 0 Å². The molecule has 0 aromatic heterocycles. The standard InChI is InChI=1S/C12H12BrI3O/c1-12(2)9(13)5-10(12)17-11-7(15)3-6(14)4-8(11)16/h3-4,9-10H,5H2,1-2H3. The third-order valence-electron chi connectivity index (χ3n) is 3.28. The van der Waals surface area contributed by atoms with E-state index in [1.165, 1.54) is 10.7 Å². The Kier molecular flexibility index (Phi) is 4.96. The molecule has 2 unspecified atom stereocenters. The van der Waals surface area contributed by atoms with Crippen molar-refractivity contribution in [1.29, 1.82) is 0 Å². The molecule has 0 bridgehead atoms. The fraction of sp³-hybridized carbons (Fsp3) is 0.500. The normalized spacial score (nSPS) is 26.5. The molecule has 1 aliphatic carbocycles. The van der Waals surface area contributed by atoms with Crippen LogP contribution < -0.4 is 4.74 Å². The van der Waals surface area contributed by atoms with Crippen molar-refractivity contribution in [3.8, 4) is 5.75 Å². The van der Waals surface area contributed by atoms with E-state index in [9.17, 15) is 0 Å². The smallest absolute Gasteiger partial charge is 0.146 e. The van der Waals surface area contributed by atoms with Crippen molar-refractivity contribution in [3.05, 3.63) is 22.8 Å². The van der Waals surface area contributed by atoms with Crippen LogP contribution >= 0.6 is 83.7 Å². The van der Waals surface area contributed by atoms with E-state index in [-0.39, 0.29) is 5.41 Å². The summed E-state index contributed by atoms with van der Waals surface area (Å²) in [5, 5.41) is 0. The zero-order valence-corrected chi connectivity index (χ0v) is 17.5. The Morgan fingerprint density at radius 2 is 1.76 bits per heavy atom. The summed E-state index contributed by atoms with van der Waals surface area (Å²) < 4.78 is 9.87. The van der Waals surface area contributed by atoms with Crippen LogP contribution in [0.1, 0.15) is 20.3 Å². The van der Waals surface area contributed by atoms with Crippen LogP contribution in [0, 0.1) is 16.1 Å². The molecule has 2 atom stereocenters. The van der Waals surface area contributed by atoms with Gasteiger partial charge in [-0.05, 0) is 86.3 Å². The van der Waals surface area contributed by atoms with E-state index >= 15 is 0 Å². The van der Waals surface area contributed by atoms with Crippen LogP contribution in [0.5, 0.6) is 5.75 Å². The van der Waals surface area contributed by atoms with Gasteiger partial charge in [-0.15, -0.1) is 0 Å². The monoisotopic (exact) mass is 632 g/mol. The number of alkyl halides is 1. The lowest BCUT2D eigenvalue weighted by Crippen LogP contribution is -2.53. The Morgan fingerprint density at radius 1 is 1.24 bits per heavy atom. The first-order valence-corrected chi connectivity index (χ1v) is 9.43. The van der Waals surface area contributed by atoms with Gasteiger partial charge < -0.3 is 4.74 Å². The zero-order chi connectivity index (χ0) is 12.8. The predicted octanol–water partition coefficient (Wildman–Crippen LogP) is 5.44. The lowest BCUT2D eigenvalue weighted by molar-refractivity contribution is -0.00894. The summed E-state index contributed by atoms with van der Waals surface area (Å²) in [6, 6.07) is 4.33. The summed E-state index contributed by atoms with van der Waals surface area (Å²) in [5.74, 6) is 1.05. The quantitative estimate of drug-likeness (QED) is 0.312. The first kappa shape index (κ1) is 15.1. The van der Waals surface area contributed by atoms with Gasteiger partial charge in [0.15, 0.2) is 0 Å². The Morgan fingerprint density at radius 3 is 2.18 bits per heavy atom. The Hall–Kier alpha value is 1.69. The fourth-order valence-electron chi connectivity index (χ4n) is 1.82.